The predicted molar refractivity (Wildman–Crippen MR) is 68.5 cm³/mol. The average Bonchev–Trinajstić information content (AvgIpc) is 2.38. The highest BCUT2D eigenvalue weighted by Crippen LogP contribution is 2.26. The van der Waals surface area contributed by atoms with Gasteiger partial charge < -0.3 is 5.11 Å². The molecule has 5 heteroatoms. The number of carbonyl (C=O) groups is 1. The average molecular weight is 276 g/mol. The zero-order valence-electron chi connectivity index (χ0n) is 9.52. The van der Waals surface area contributed by atoms with Crippen molar-refractivity contribution in [1.29, 1.82) is 5.26 Å². The van der Waals surface area contributed by atoms with Crippen LogP contribution in [-0.4, -0.2) is 11.1 Å². The summed E-state index contributed by atoms with van der Waals surface area (Å²) in [6.07, 6.45) is 0. The molecule has 0 spiro atoms. The van der Waals surface area contributed by atoms with E-state index in [4.69, 9.17) is 22.0 Å². The van der Waals surface area contributed by atoms with E-state index in [-0.39, 0.29) is 16.1 Å². The first-order valence-electron chi connectivity index (χ1n) is 5.25. The number of nitrogens with zero attached hydrogens (tertiary/aromatic N) is 1. The summed E-state index contributed by atoms with van der Waals surface area (Å²) in [5, 5.41) is 17.9. The number of hydrogen-bond donors (Lipinski definition) is 1. The lowest BCUT2D eigenvalue weighted by Gasteiger charge is -2.05. The van der Waals surface area contributed by atoms with Gasteiger partial charge in [0.25, 0.3) is 0 Å². The quantitative estimate of drug-likeness (QED) is 0.909. The molecule has 0 aliphatic carbocycles. The molecule has 0 amide bonds. The highest BCUT2D eigenvalue weighted by molar-refractivity contribution is 6.33. The molecule has 0 saturated carbocycles. The first-order valence-corrected chi connectivity index (χ1v) is 5.63. The Labute approximate surface area is 113 Å². The molecule has 0 heterocycles. The summed E-state index contributed by atoms with van der Waals surface area (Å²) >= 11 is 5.76. The van der Waals surface area contributed by atoms with E-state index in [0.717, 1.165) is 6.07 Å². The zero-order valence-corrected chi connectivity index (χ0v) is 10.3. The summed E-state index contributed by atoms with van der Waals surface area (Å²) in [5.74, 6) is -1.72. The van der Waals surface area contributed by atoms with Crippen molar-refractivity contribution in [3.63, 3.8) is 0 Å². The van der Waals surface area contributed by atoms with Crippen molar-refractivity contribution in [2.24, 2.45) is 0 Å². The summed E-state index contributed by atoms with van der Waals surface area (Å²) < 4.78 is 13.3. The molecule has 2 aromatic carbocycles. The van der Waals surface area contributed by atoms with Gasteiger partial charge in [0.15, 0.2) is 0 Å². The third-order valence-corrected chi connectivity index (χ3v) is 2.89. The van der Waals surface area contributed by atoms with Crippen LogP contribution in [-0.2, 0) is 0 Å². The lowest BCUT2D eigenvalue weighted by atomic mass is 10.0. The minimum atomic E-state index is -1.16. The fraction of sp³-hybridized carbons (Fsp3) is 0. The minimum absolute atomic E-state index is 0.0677. The van der Waals surface area contributed by atoms with Crippen LogP contribution in [0.25, 0.3) is 11.1 Å². The Kier molecular flexibility index (Phi) is 3.50. The van der Waals surface area contributed by atoms with Crippen molar-refractivity contribution in [1.82, 2.24) is 0 Å². The van der Waals surface area contributed by atoms with Crippen molar-refractivity contribution in [3.05, 3.63) is 58.4 Å². The van der Waals surface area contributed by atoms with Gasteiger partial charge in [-0.1, -0.05) is 17.7 Å². The molecule has 19 heavy (non-hydrogen) atoms. The SMILES string of the molecule is N#Cc1cc(F)cc(-c2ccc(Cl)c(C(=O)O)c2)c1. The van der Waals surface area contributed by atoms with Gasteiger partial charge in [-0.15, -0.1) is 0 Å². The normalized spacial score (nSPS) is 9.95. The Balaban J connectivity index is 2.60. The third kappa shape index (κ3) is 2.72. The Morgan fingerprint density at radius 1 is 1.21 bits per heavy atom. The lowest BCUT2D eigenvalue weighted by molar-refractivity contribution is 0.0697. The molecule has 1 N–H and O–H groups in total. The molecule has 0 atom stereocenters. The van der Waals surface area contributed by atoms with Crippen LogP contribution in [0.2, 0.25) is 5.02 Å². The number of carboxylic acid groups (broad SMARTS) is 1. The van der Waals surface area contributed by atoms with Crippen molar-refractivity contribution in [2.45, 2.75) is 0 Å². The highest BCUT2D eigenvalue weighted by Gasteiger charge is 2.11. The molecule has 0 aromatic heterocycles. The summed E-state index contributed by atoms with van der Waals surface area (Å²) in [4.78, 5) is 11.0. The first kappa shape index (κ1) is 13.1. The second-order valence-corrected chi connectivity index (χ2v) is 4.25. The molecule has 3 nitrogen and oxygen atoms in total. The number of hydrogen-bond acceptors (Lipinski definition) is 2. The Hall–Kier alpha value is -2.38. The molecule has 0 aliphatic rings. The van der Waals surface area contributed by atoms with Crippen molar-refractivity contribution in [3.8, 4) is 17.2 Å². The topological polar surface area (TPSA) is 61.1 Å². The Morgan fingerprint density at radius 3 is 2.58 bits per heavy atom. The van der Waals surface area contributed by atoms with Gasteiger partial charge in [0.2, 0.25) is 0 Å². The van der Waals surface area contributed by atoms with E-state index in [9.17, 15) is 9.18 Å². The van der Waals surface area contributed by atoms with Crippen LogP contribution in [0.1, 0.15) is 15.9 Å². The predicted octanol–water partition coefficient (Wildman–Crippen LogP) is 3.72. The standard InChI is InChI=1S/C14H7ClFNO2/c15-13-2-1-9(6-12(13)14(18)19)10-3-8(7-17)4-11(16)5-10/h1-6H,(H,18,19). The Morgan fingerprint density at radius 2 is 1.95 bits per heavy atom. The molecule has 2 rings (SSSR count). The number of rotatable bonds is 2. The van der Waals surface area contributed by atoms with Crippen LogP contribution in [0.15, 0.2) is 36.4 Å². The van der Waals surface area contributed by atoms with Gasteiger partial charge in [0.1, 0.15) is 5.82 Å². The molecule has 0 radical (unpaired) electrons. The molecule has 0 saturated heterocycles. The molecule has 0 aliphatic heterocycles. The monoisotopic (exact) mass is 275 g/mol. The van der Waals surface area contributed by atoms with E-state index in [1.807, 2.05) is 6.07 Å². The minimum Gasteiger partial charge on any atom is -0.478 e. The van der Waals surface area contributed by atoms with Gasteiger partial charge in [0, 0.05) is 0 Å². The van der Waals surface area contributed by atoms with Crippen molar-refractivity contribution >= 4 is 17.6 Å². The molecule has 0 unspecified atom stereocenters. The van der Waals surface area contributed by atoms with Crippen LogP contribution in [0.3, 0.4) is 0 Å². The maximum atomic E-state index is 13.3. The van der Waals surface area contributed by atoms with Crippen LogP contribution < -0.4 is 0 Å². The van der Waals surface area contributed by atoms with Gasteiger partial charge >= 0.3 is 5.97 Å². The summed E-state index contributed by atoms with van der Waals surface area (Å²) in [6, 6.07) is 10.0. The molecular weight excluding hydrogens is 269 g/mol. The molecule has 2 aromatic rings. The number of nitriles is 1. The van der Waals surface area contributed by atoms with Crippen molar-refractivity contribution in [2.75, 3.05) is 0 Å². The maximum absolute atomic E-state index is 13.3. The first-order chi connectivity index (χ1) is 9.01. The van der Waals surface area contributed by atoms with E-state index in [2.05, 4.69) is 0 Å². The molecule has 0 bridgehead atoms. The summed E-state index contributed by atoms with van der Waals surface area (Å²) in [7, 11) is 0. The van der Waals surface area contributed by atoms with Crippen LogP contribution >= 0.6 is 11.6 Å². The van der Waals surface area contributed by atoms with E-state index in [1.165, 1.54) is 24.3 Å². The van der Waals surface area contributed by atoms with Gasteiger partial charge in [-0.3, -0.25) is 0 Å². The second-order valence-electron chi connectivity index (χ2n) is 3.84. The fourth-order valence-electron chi connectivity index (χ4n) is 1.69. The third-order valence-electron chi connectivity index (χ3n) is 2.56. The van der Waals surface area contributed by atoms with Gasteiger partial charge in [-0.2, -0.15) is 5.26 Å². The van der Waals surface area contributed by atoms with Gasteiger partial charge in [0.05, 0.1) is 22.2 Å². The van der Waals surface area contributed by atoms with Crippen LogP contribution in [0, 0.1) is 17.1 Å². The smallest absolute Gasteiger partial charge is 0.337 e. The van der Waals surface area contributed by atoms with Gasteiger partial charge in [-0.25, -0.2) is 9.18 Å². The van der Waals surface area contributed by atoms with E-state index < -0.39 is 11.8 Å². The van der Waals surface area contributed by atoms with Gasteiger partial charge in [-0.05, 0) is 41.5 Å². The maximum Gasteiger partial charge on any atom is 0.337 e. The zero-order chi connectivity index (χ0) is 14.0. The van der Waals surface area contributed by atoms with Crippen LogP contribution in [0.4, 0.5) is 4.39 Å². The van der Waals surface area contributed by atoms with E-state index >= 15 is 0 Å². The number of carboxylic acids is 1. The van der Waals surface area contributed by atoms with E-state index in [1.54, 1.807) is 6.07 Å². The largest absolute Gasteiger partial charge is 0.478 e. The Bertz CT molecular complexity index is 707. The van der Waals surface area contributed by atoms with E-state index in [0.29, 0.717) is 11.1 Å². The second kappa shape index (κ2) is 5.09. The fourth-order valence-corrected chi connectivity index (χ4v) is 1.89. The highest BCUT2D eigenvalue weighted by atomic mass is 35.5. The summed E-state index contributed by atoms with van der Waals surface area (Å²) in [6.45, 7) is 0. The number of aromatic carboxylic acids is 1. The number of benzene rings is 2. The molecular formula is C14H7ClFNO2. The molecule has 0 fully saturated rings. The lowest BCUT2D eigenvalue weighted by Crippen LogP contribution is -1.97. The van der Waals surface area contributed by atoms with Crippen LogP contribution in [0.5, 0.6) is 0 Å². The molecule has 94 valence electrons. The van der Waals surface area contributed by atoms with Crippen molar-refractivity contribution < 1.29 is 14.3 Å². The number of halogens is 2. The summed E-state index contributed by atoms with van der Waals surface area (Å²) in [5.41, 5.74) is 1.01.